The topological polar surface area (TPSA) is 59.0 Å². The number of imidazole rings is 1. The third-order valence-electron chi connectivity index (χ3n) is 5.72. The fourth-order valence-corrected chi connectivity index (χ4v) is 4.28. The van der Waals surface area contributed by atoms with Crippen molar-refractivity contribution in [3.8, 4) is 5.75 Å². The summed E-state index contributed by atoms with van der Waals surface area (Å²) in [5.41, 5.74) is 6.21. The predicted octanol–water partition coefficient (Wildman–Crippen LogP) is 3.81. The summed E-state index contributed by atoms with van der Waals surface area (Å²) < 4.78 is 7.28. The number of benzene rings is 2. The molecule has 30 heavy (non-hydrogen) atoms. The van der Waals surface area contributed by atoms with Crippen molar-refractivity contribution in [3.05, 3.63) is 101 Å². The molecule has 6 nitrogen and oxygen atoms in total. The van der Waals surface area contributed by atoms with Gasteiger partial charge in [-0.1, -0.05) is 36.4 Å². The second kappa shape index (κ2) is 8.16. The molecule has 0 spiro atoms. The van der Waals surface area contributed by atoms with Crippen molar-refractivity contribution in [1.29, 1.82) is 0 Å². The van der Waals surface area contributed by atoms with E-state index in [2.05, 4.69) is 56.4 Å². The van der Waals surface area contributed by atoms with Gasteiger partial charge in [0.05, 0.1) is 31.4 Å². The number of H-pyrrole nitrogens is 1. The average Bonchev–Trinajstić information content (AvgIpc) is 3.45. The van der Waals surface area contributed by atoms with Gasteiger partial charge < -0.3 is 9.72 Å². The summed E-state index contributed by atoms with van der Waals surface area (Å²) >= 11 is 0. The highest BCUT2D eigenvalue weighted by molar-refractivity contribution is 5.37. The Morgan fingerprint density at radius 3 is 2.67 bits per heavy atom. The van der Waals surface area contributed by atoms with Crippen molar-refractivity contribution in [1.82, 2.24) is 24.6 Å². The first-order chi connectivity index (χ1) is 14.8. The second-order valence-electron chi connectivity index (χ2n) is 7.79. The molecule has 2 aromatic carbocycles. The summed E-state index contributed by atoms with van der Waals surface area (Å²) in [5.74, 6) is 1.13. The Bertz CT molecular complexity index is 1100. The number of hydrogen-bond donors (Lipinski definition) is 1. The first kappa shape index (κ1) is 18.6. The number of aromatic nitrogens is 4. The van der Waals surface area contributed by atoms with Crippen LogP contribution in [0.1, 0.15) is 34.0 Å². The molecular weight excluding hydrogens is 374 g/mol. The third kappa shape index (κ3) is 3.86. The number of fused-ring (bicyclic) bond motifs is 1. The second-order valence-corrected chi connectivity index (χ2v) is 7.79. The van der Waals surface area contributed by atoms with Crippen LogP contribution in [-0.2, 0) is 19.6 Å². The summed E-state index contributed by atoms with van der Waals surface area (Å²) in [6, 6.07) is 19.1. The van der Waals surface area contributed by atoms with E-state index in [1.165, 1.54) is 22.4 Å². The normalized spacial score (nSPS) is 16.4. The molecule has 1 unspecified atom stereocenters. The average molecular weight is 399 g/mol. The number of ether oxygens (including phenoxy) is 1. The fraction of sp³-hybridized carbons (Fsp3) is 0.250. The molecule has 1 atom stereocenters. The Hall–Kier alpha value is -3.38. The largest absolute Gasteiger partial charge is 0.497 e. The van der Waals surface area contributed by atoms with Crippen molar-refractivity contribution >= 4 is 0 Å². The third-order valence-corrected chi connectivity index (χ3v) is 5.72. The molecule has 1 aliphatic heterocycles. The first-order valence-electron chi connectivity index (χ1n) is 10.2. The van der Waals surface area contributed by atoms with Crippen LogP contribution < -0.4 is 4.74 Å². The zero-order valence-electron chi connectivity index (χ0n) is 17.0. The van der Waals surface area contributed by atoms with Crippen LogP contribution in [-0.4, -0.2) is 38.3 Å². The van der Waals surface area contributed by atoms with Gasteiger partial charge in [0, 0.05) is 37.9 Å². The highest BCUT2D eigenvalue weighted by Crippen LogP contribution is 2.33. The Kier molecular flexibility index (Phi) is 5.07. The maximum Gasteiger partial charge on any atom is 0.118 e. The highest BCUT2D eigenvalue weighted by Gasteiger charge is 2.29. The molecule has 0 radical (unpaired) electrons. The van der Waals surface area contributed by atoms with Crippen molar-refractivity contribution in [3.63, 3.8) is 0 Å². The number of hydrogen-bond acceptors (Lipinski definition) is 4. The maximum atomic E-state index is 5.32. The van der Waals surface area contributed by atoms with Gasteiger partial charge >= 0.3 is 0 Å². The van der Waals surface area contributed by atoms with E-state index in [-0.39, 0.29) is 5.92 Å². The van der Waals surface area contributed by atoms with E-state index in [0.717, 1.165) is 37.6 Å². The van der Waals surface area contributed by atoms with Crippen molar-refractivity contribution in [2.45, 2.75) is 25.6 Å². The molecule has 4 aromatic rings. The van der Waals surface area contributed by atoms with E-state index in [4.69, 9.17) is 4.74 Å². The molecule has 1 N–H and O–H groups in total. The van der Waals surface area contributed by atoms with Gasteiger partial charge in [0.1, 0.15) is 5.75 Å². The van der Waals surface area contributed by atoms with Crippen molar-refractivity contribution in [2.75, 3.05) is 13.7 Å². The van der Waals surface area contributed by atoms with Crippen LogP contribution in [0.5, 0.6) is 5.75 Å². The molecule has 2 aromatic heterocycles. The molecule has 0 bridgehead atoms. The quantitative estimate of drug-likeness (QED) is 0.536. The molecule has 0 amide bonds. The summed E-state index contributed by atoms with van der Waals surface area (Å²) in [5, 5.41) is 4.32. The van der Waals surface area contributed by atoms with E-state index in [9.17, 15) is 0 Å². The molecule has 0 saturated heterocycles. The minimum Gasteiger partial charge on any atom is -0.497 e. The van der Waals surface area contributed by atoms with Crippen LogP contribution >= 0.6 is 0 Å². The van der Waals surface area contributed by atoms with Gasteiger partial charge in [-0.25, -0.2) is 4.98 Å². The number of aromatic amines is 1. The van der Waals surface area contributed by atoms with Crippen LogP contribution in [0.2, 0.25) is 0 Å². The predicted molar refractivity (Wildman–Crippen MR) is 115 cm³/mol. The van der Waals surface area contributed by atoms with E-state index in [1.54, 1.807) is 7.11 Å². The lowest BCUT2D eigenvalue weighted by molar-refractivity contribution is 0.227. The summed E-state index contributed by atoms with van der Waals surface area (Å²) in [6.45, 7) is 3.51. The van der Waals surface area contributed by atoms with Crippen molar-refractivity contribution in [2.24, 2.45) is 0 Å². The molecule has 1 aliphatic rings. The monoisotopic (exact) mass is 399 g/mol. The molecule has 152 valence electrons. The molecule has 0 saturated carbocycles. The van der Waals surface area contributed by atoms with Crippen molar-refractivity contribution < 1.29 is 4.74 Å². The summed E-state index contributed by atoms with van der Waals surface area (Å²) in [4.78, 5) is 10.5. The molecule has 6 heteroatoms. The van der Waals surface area contributed by atoms with Gasteiger partial charge in [0.25, 0.3) is 0 Å². The van der Waals surface area contributed by atoms with Gasteiger partial charge in [0.2, 0.25) is 0 Å². The van der Waals surface area contributed by atoms with Crippen LogP contribution in [0.15, 0.2) is 73.3 Å². The minimum absolute atomic E-state index is 0.248. The van der Waals surface area contributed by atoms with Gasteiger partial charge in [-0.2, -0.15) is 5.10 Å². The van der Waals surface area contributed by atoms with E-state index in [0.29, 0.717) is 0 Å². The Labute approximate surface area is 176 Å². The van der Waals surface area contributed by atoms with E-state index in [1.807, 2.05) is 41.6 Å². The number of rotatable bonds is 6. The van der Waals surface area contributed by atoms with Crippen LogP contribution in [0.25, 0.3) is 0 Å². The zero-order chi connectivity index (χ0) is 20.3. The van der Waals surface area contributed by atoms with Gasteiger partial charge in [0.15, 0.2) is 0 Å². The minimum atomic E-state index is 0.248. The smallest absolute Gasteiger partial charge is 0.118 e. The fourth-order valence-electron chi connectivity index (χ4n) is 4.28. The van der Waals surface area contributed by atoms with Crippen LogP contribution in [0.4, 0.5) is 0 Å². The number of methoxy groups -OCH3 is 1. The molecule has 3 heterocycles. The van der Waals surface area contributed by atoms with Crippen LogP contribution in [0, 0.1) is 0 Å². The molecule has 5 rings (SSSR count). The Morgan fingerprint density at radius 2 is 1.90 bits per heavy atom. The molecular formula is C24H25N5O. The number of nitrogens with one attached hydrogen (secondary N) is 1. The van der Waals surface area contributed by atoms with E-state index >= 15 is 0 Å². The van der Waals surface area contributed by atoms with Gasteiger partial charge in [-0.3, -0.25) is 9.58 Å². The zero-order valence-corrected chi connectivity index (χ0v) is 17.0. The van der Waals surface area contributed by atoms with Gasteiger partial charge in [-0.05, 0) is 34.9 Å². The summed E-state index contributed by atoms with van der Waals surface area (Å²) in [6.07, 6.45) is 5.63. The standard InChI is InChI=1S/C24H25N5O/c1-30-21-8-6-20(7-9-21)22-15-28(16-23-24(22)26-17-25-23)13-18-4-2-5-19(12-18)14-29-11-3-10-27-29/h2-12,17,22H,13-16H2,1H3,(H,25,26). The Morgan fingerprint density at radius 1 is 1.07 bits per heavy atom. The Balaban J connectivity index is 1.35. The molecule has 0 fully saturated rings. The summed E-state index contributed by atoms with van der Waals surface area (Å²) in [7, 11) is 1.70. The van der Waals surface area contributed by atoms with Crippen LogP contribution in [0.3, 0.4) is 0 Å². The lowest BCUT2D eigenvalue weighted by atomic mass is 9.90. The maximum absolute atomic E-state index is 5.32. The SMILES string of the molecule is COc1ccc(C2CN(Cc3cccc(Cn4cccn4)c3)Cc3[nH]cnc32)cc1. The highest BCUT2D eigenvalue weighted by atomic mass is 16.5. The molecule has 0 aliphatic carbocycles. The lowest BCUT2D eigenvalue weighted by Crippen LogP contribution is -2.33. The first-order valence-corrected chi connectivity index (χ1v) is 10.2. The lowest BCUT2D eigenvalue weighted by Gasteiger charge is -2.32. The van der Waals surface area contributed by atoms with E-state index < -0.39 is 0 Å². The number of nitrogens with zero attached hydrogens (tertiary/aromatic N) is 4. The van der Waals surface area contributed by atoms with Gasteiger partial charge in [-0.15, -0.1) is 0 Å².